The number of benzene rings is 1. The number of phenols is 2. The van der Waals surface area contributed by atoms with Crippen molar-refractivity contribution in [3.63, 3.8) is 0 Å². The van der Waals surface area contributed by atoms with E-state index in [1.165, 1.54) is 12.1 Å². The zero-order chi connectivity index (χ0) is 13.7. The van der Waals surface area contributed by atoms with Gasteiger partial charge in [-0.1, -0.05) is 0 Å². The van der Waals surface area contributed by atoms with Crippen molar-refractivity contribution in [3.8, 4) is 11.5 Å². The summed E-state index contributed by atoms with van der Waals surface area (Å²) < 4.78 is 0. The van der Waals surface area contributed by atoms with Crippen LogP contribution in [0.25, 0.3) is 0 Å². The standard InChI is InChI=1S/C11H10O7/c1-6(12)11(16)18-17-10(15)5-7-4-8(13)2-3-9(7)14/h2-4,13-14H,5H2,1H3. The maximum atomic E-state index is 11.2. The van der Waals surface area contributed by atoms with E-state index < -0.39 is 24.1 Å². The Morgan fingerprint density at radius 2 is 1.83 bits per heavy atom. The summed E-state index contributed by atoms with van der Waals surface area (Å²) in [5, 5.41) is 18.5. The van der Waals surface area contributed by atoms with Crippen molar-refractivity contribution in [3.05, 3.63) is 23.8 Å². The minimum atomic E-state index is -1.30. The van der Waals surface area contributed by atoms with Crippen LogP contribution in [0.15, 0.2) is 18.2 Å². The number of ketones is 1. The lowest BCUT2D eigenvalue weighted by Gasteiger charge is -2.04. The van der Waals surface area contributed by atoms with Crippen LogP contribution in [0.1, 0.15) is 12.5 Å². The summed E-state index contributed by atoms with van der Waals surface area (Å²) >= 11 is 0. The molecular formula is C11H10O7. The number of carbonyl (C=O) groups is 3. The first-order valence-electron chi connectivity index (χ1n) is 4.83. The molecule has 2 N–H and O–H groups in total. The Bertz CT molecular complexity index is 492. The predicted molar refractivity (Wildman–Crippen MR) is 56.3 cm³/mol. The van der Waals surface area contributed by atoms with Crippen molar-refractivity contribution in [2.24, 2.45) is 0 Å². The van der Waals surface area contributed by atoms with E-state index in [1.54, 1.807) is 0 Å². The summed E-state index contributed by atoms with van der Waals surface area (Å²) in [6, 6.07) is 3.59. The molecule has 0 saturated carbocycles. The lowest BCUT2D eigenvalue weighted by molar-refractivity contribution is -0.256. The maximum absolute atomic E-state index is 11.2. The fraction of sp³-hybridized carbons (Fsp3) is 0.182. The molecular weight excluding hydrogens is 244 g/mol. The smallest absolute Gasteiger partial charge is 0.421 e. The SMILES string of the molecule is CC(=O)C(=O)OOC(=O)Cc1cc(O)ccc1O. The van der Waals surface area contributed by atoms with Gasteiger partial charge in [-0.15, -0.1) is 0 Å². The maximum Gasteiger partial charge on any atom is 0.421 e. The third-order valence-corrected chi connectivity index (χ3v) is 1.90. The Labute approximate surface area is 101 Å². The minimum Gasteiger partial charge on any atom is -0.508 e. The van der Waals surface area contributed by atoms with Gasteiger partial charge in [-0.2, -0.15) is 0 Å². The van der Waals surface area contributed by atoms with E-state index in [-0.39, 0.29) is 17.1 Å². The summed E-state index contributed by atoms with van der Waals surface area (Å²) in [6.07, 6.45) is -0.425. The molecule has 0 aliphatic carbocycles. The number of hydrogen-bond donors (Lipinski definition) is 2. The predicted octanol–water partition coefficient (Wildman–Crippen LogP) is 0.231. The second kappa shape index (κ2) is 5.67. The normalized spacial score (nSPS) is 9.61. The fourth-order valence-corrected chi connectivity index (χ4v) is 1.04. The largest absolute Gasteiger partial charge is 0.508 e. The molecule has 0 radical (unpaired) electrons. The van der Waals surface area contributed by atoms with Crippen molar-refractivity contribution in [2.45, 2.75) is 13.3 Å². The van der Waals surface area contributed by atoms with Gasteiger partial charge in [0.25, 0.3) is 0 Å². The average Bonchev–Trinajstić information content (AvgIpc) is 2.30. The van der Waals surface area contributed by atoms with E-state index in [0.717, 1.165) is 13.0 Å². The molecule has 18 heavy (non-hydrogen) atoms. The summed E-state index contributed by atoms with van der Waals surface area (Å²) in [6.45, 7) is 0.956. The second-order valence-electron chi connectivity index (χ2n) is 3.37. The van der Waals surface area contributed by atoms with Gasteiger partial charge in [-0.3, -0.25) is 4.79 Å². The highest BCUT2D eigenvalue weighted by Gasteiger charge is 2.16. The van der Waals surface area contributed by atoms with Crippen molar-refractivity contribution < 1.29 is 34.4 Å². The number of Topliss-reactive ketones (excluding diaryl/α,β-unsaturated/α-hetero) is 1. The molecule has 7 nitrogen and oxygen atoms in total. The molecule has 0 atom stereocenters. The number of phenolic OH excluding ortho intramolecular Hbond substituents is 2. The monoisotopic (exact) mass is 254 g/mol. The molecule has 0 aromatic heterocycles. The highest BCUT2D eigenvalue weighted by Crippen LogP contribution is 2.22. The molecule has 7 heteroatoms. The molecule has 0 heterocycles. The van der Waals surface area contributed by atoms with Crippen LogP contribution in [-0.4, -0.2) is 27.9 Å². The molecule has 1 rings (SSSR count). The topological polar surface area (TPSA) is 110 Å². The van der Waals surface area contributed by atoms with Gasteiger partial charge in [-0.05, 0) is 18.2 Å². The van der Waals surface area contributed by atoms with E-state index in [9.17, 15) is 19.5 Å². The first-order chi connectivity index (χ1) is 8.40. The summed E-state index contributed by atoms with van der Waals surface area (Å²) in [4.78, 5) is 40.3. The minimum absolute atomic E-state index is 0.0962. The molecule has 0 aliphatic rings. The Morgan fingerprint density at radius 1 is 1.17 bits per heavy atom. The summed E-state index contributed by atoms with van der Waals surface area (Å²) in [5.74, 6) is -3.57. The van der Waals surface area contributed by atoms with Crippen molar-refractivity contribution in [2.75, 3.05) is 0 Å². The summed E-state index contributed by atoms with van der Waals surface area (Å²) in [7, 11) is 0. The van der Waals surface area contributed by atoms with Crippen LogP contribution in [0.5, 0.6) is 11.5 Å². The van der Waals surface area contributed by atoms with Crippen LogP contribution in [0, 0.1) is 0 Å². The second-order valence-corrected chi connectivity index (χ2v) is 3.37. The summed E-state index contributed by atoms with van der Waals surface area (Å²) in [5.41, 5.74) is 0.0962. The molecule has 1 aromatic carbocycles. The first kappa shape index (κ1) is 13.5. The van der Waals surface area contributed by atoms with Crippen LogP contribution in [-0.2, 0) is 30.6 Å². The Hall–Kier alpha value is -2.57. The van der Waals surface area contributed by atoms with Crippen molar-refractivity contribution in [1.82, 2.24) is 0 Å². The number of carbonyl (C=O) groups excluding carboxylic acids is 3. The van der Waals surface area contributed by atoms with Gasteiger partial charge in [0.15, 0.2) is 0 Å². The zero-order valence-corrected chi connectivity index (χ0v) is 9.37. The van der Waals surface area contributed by atoms with Crippen LogP contribution in [0.3, 0.4) is 0 Å². The van der Waals surface area contributed by atoms with Crippen LogP contribution in [0.2, 0.25) is 0 Å². The third kappa shape index (κ3) is 3.78. The van der Waals surface area contributed by atoms with Crippen LogP contribution < -0.4 is 0 Å². The van der Waals surface area contributed by atoms with Gasteiger partial charge >= 0.3 is 11.9 Å². The molecule has 1 aromatic rings. The number of aromatic hydroxyl groups is 2. The molecule has 0 fully saturated rings. The van der Waals surface area contributed by atoms with Crippen LogP contribution in [0.4, 0.5) is 0 Å². The molecule has 0 spiro atoms. The quantitative estimate of drug-likeness (QED) is 0.344. The van der Waals surface area contributed by atoms with Crippen LogP contribution >= 0.6 is 0 Å². The molecule has 0 bridgehead atoms. The van der Waals surface area contributed by atoms with Gasteiger partial charge < -0.3 is 10.2 Å². The molecule has 0 unspecified atom stereocenters. The van der Waals surface area contributed by atoms with Crippen molar-refractivity contribution in [1.29, 1.82) is 0 Å². The zero-order valence-electron chi connectivity index (χ0n) is 9.37. The Balaban J connectivity index is 2.57. The highest BCUT2D eigenvalue weighted by molar-refractivity contribution is 6.32. The highest BCUT2D eigenvalue weighted by atomic mass is 17.2. The molecule has 0 amide bonds. The molecule has 0 aliphatic heterocycles. The van der Waals surface area contributed by atoms with E-state index in [1.807, 2.05) is 0 Å². The lowest BCUT2D eigenvalue weighted by Crippen LogP contribution is -2.18. The van der Waals surface area contributed by atoms with E-state index in [0.29, 0.717) is 0 Å². The average molecular weight is 254 g/mol. The Kier molecular flexibility index (Phi) is 4.25. The number of hydrogen-bond acceptors (Lipinski definition) is 7. The fourth-order valence-electron chi connectivity index (χ4n) is 1.04. The lowest BCUT2D eigenvalue weighted by atomic mass is 10.1. The number of rotatable bonds is 3. The van der Waals surface area contributed by atoms with Gasteiger partial charge in [-0.25, -0.2) is 19.4 Å². The Morgan fingerprint density at radius 3 is 2.44 bits per heavy atom. The molecule has 0 saturated heterocycles. The van der Waals surface area contributed by atoms with E-state index in [4.69, 9.17) is 5.11 Å². The third-order valence-electron chi connectivity index (χ3n) is 1.90. The van der Waals surface area contributed by atoms with E-state index in [2.05, 4.69) is 9.78 Å². The van der Waals surface area contributed by atoms with Gasteiger partial charge in [0.05, 0.1) is 6.42 Å². The molecule has 96 valence electrons. The van der Waals surface area contributed by atoms with E-state index >= 15 is 0 Å². The first-order valence-corrected chi connectivity index (χ1v) is 4.83. The van der Waals surface area contributed by atoms with Crippen molar-refractivity contribution >= 4 is 17.7 Å². The van der Waals surface area contributed by atoms with Gasteiger partial charge in [0, 0.05) is 12.5 Å². The van der Waals surface area contributed by atoms with Gasteiger partial charge in [0.2, 0.25) is 5.78 Å². The van der Waals surface area contributed by atoms with Gasteiger partial charge in [0.1, 0.15) is 11.5 Å².